The first-order valence-electron chi connectivity index (χ1n) is 7.80. The third kappa shape index (κ3) is 11.4. The van der Waals surface area contributed by atoms with Gasteiger partial charge in [-0.2, -0.15) is 0 Å². The van der Waals surface area contributed by atoms with Crippen molar-refractivity contribution in [3.8, 4) is 0 Å². The molecule has 0 aromatic heterocycles. The van der Waals surface area contributed by atoms with Crippen LogP contribution < -0.4 is 0 Å². The van der Waals surface area contributed by atoms with Gasteiger partial charge < -0.3 is 4.90 Å². The Labute approximate surface area is 136 Å². The average Bonchev–Trinajstić information content (AvgIpc) is 2.38. The number of hydrogen-bond donors (Lipinski definition) is 0. The maximum absolute atomic E-state index is 4.21. The lowest BCUT2D eigenvalue weighted by Gasteiger charge is -2.17. The number of hydrogen-bond acceptors (Lipinski definition) is 2. The van der Waals surface area contributed by atoms with E-state index in [4.69, 9.17) is 0 Å². The Morgan fingerprint density at radius 3 is 2.43 bits per heavy atom. The Morgan fingerprint density at radius 2 is 1.90 bits per heavy atom. The molecule has 2 heteroatoms. The van der Waals surface area contributed by atoms with Crippen molar-refractivity contribution in [1.82, 2.24) is 4.90 Å². The predicted molar refractivity (Wildman–Crippen MR) is 101 cm³/mol. The normalized spacial score (nSPS) is 12.2. The van der Waals surface area contributed by atoms with Gasteiger partial charge in [-0.05, 0) is 43.9 Å². The van der Waals surface area contributed by atoms with Gasteiger partial charge >= 0.3 is 0 Å². The van der Waals surface area contributed by atoms with Crippen molar-refractivity contribution in [3.05, 3.63) is 47.6 Å². The number of likely N-dealkylation sites (N-methyl/N-ethyl adjacent to an activating group) is 1. The topological polar surface area (TPSA) is 3.24 Å². The third-order valence-electron chi connectivity index (χ3n) is 3.11. The number of rotatable bonds is 11. The summed E-state index contributed by atoms with van der Waals surface area (Å²) in [6.45, 7) is 15.7. The van der Waals surface area contributed by atoms with E-state index in [-0.39, 0.29) is 0 Å². The zero-order valence-electron chi connectivity index (χ0n) is 14.6. The summed E-state index contributed by atoms with van der Waals surface area (Å²) >= 11 is 1.76. The Kier molecular flexibility index (Phi) is 11.2. The largest absolute Gasteiger partial charge is 0.376 e. The van der Waals surface area contributed by atoms with Gasteiger partial charge in [0, 0.05) is 24.7 Å². The van der Waals surface area contributed by atoms with Crippen LogP contribution in [0.3, 0.4) is 0 Å². The van der Waals surface area contributed by atoms with Crippen molar-refractivity contribution in [2.75, 3.05) is 19.8 Å². The molecule has 0 N–H and O–H groups in total. The molecule has 120 valence electrons. The summed E-state index contributed by atoms with van der Waals surface area (Å²) in [4.78, 5) is 3.43. The molecule has 1 nitrogen and oxygen atoms in total. The van der Waals surface area contributed by atoms with Crippen LogP contribution in [-0.2, 0) is 0 Å². The SMILES string of the molecule is C=C(C)CN(C)/C=C(/SC)C(=C)C/C=C\CCCC(C)C. The van der Waals surface area contributed by atoms with Gasteiger partial charge in [0.25, 0.3) is 0 Å². The van der Waals surface area contributed by atoms with E-state index in [9.17, 15) is 0 Å². The first-order chi connectivity index (χ1) is 9.86. The highest BCUT2D eigenvalue weighted by Crippen LogP contribution is 2.23. The van der Waals surface area contributed by atoms with Crippen molar-refractivity contribution in [1.29, 1.82) is 0 Å². The van der Waals surface area contributed by atoms with E-state index in [1.807, 2.05) is 0 Å². The maximum Gasteiger partial charge on any atom is 0.0375 e. The van der Waals surface area contributed by atoms with E-state index in [1.165, 1.54) is 35.3 Å². The lowest BCUT2D eigenvalue weighted by Crippen LogP contribution is -2.13. The minimum absolute atomic E-state index is 0.809. The predicted octanol–water partition coefficient (Wildman–Crippen LogP) is 6.03. The van der Waals surface area contributed by atoms with Crippen LogP contribution in [0.5, 0.6) is 0 Å². The van der Waals surface area contributed by atoms with Crippen LogP contribution in [0, 0.1) is 5.92 Å². The monoisotopic (exact) mass is 307 g/mol. The van der Waals surface area contributed by atoms with Gasteiger partial charge in [-0.15, -0.1) is 11.8 Å². The fourth-order valence-electron chi connectivity index (χ4n) is 2.05. The minimum Gasteiger partial charge on any atom is -0.376 e. The minimum atomic E-state index is 0.809. The molecular weight excluding hydrogens is 274 g/mol. The third-order valence-corrected chi connectivity index (χ3v) is 3.94. The standard InChI is InChI=1S/C19H33NS/c1-16(2)12-10-8-9-11-13-18(5)19(21-7)15-20(6)14-17(3)4/h9,11,15-16H,3,5,8,10,12-14H2,1-2,4,6-7H3/b11-9-,19-15+. The molecular formula is C19H33NS. The quantitative estimate of drug-likeness (QED) is 0.260. The van der Waals surface area contributed by atoms with E-state index < -0.39 is 0 Å². The molecule has 0 atom stereocenters. The molecule has 0 fully saturated rings. The summed E-state index contributed by atoms with van der Waals surface area (Å²) in [5, 5.41) is 0. The molecule has 0 heterocycles. The first kappa shape index (κ1) is 20.1. The van der Waals surface area contributed by atoms with Gasteiger partial charge in [0.2, 0.25) is 0 Å². The highest BCUT2D eigenvalue weighted by atomic mass is 32.2. The van der Waals surface area contributed by atoms with E-state index in [2.05, 4.69) is 70.5 Å². The van der Waals surface area contributed by atoms with Crippen molar-refractivity contribution in [3.63, 3.8) is 0 Å². The number of nitrogens with zero attached hydrogens (tertiary/aromatic N) is 1. The highest BCUT2D eigenvalue weighted by Gasteiger charge is 2.02. The maximum atomic E-state index is 4.21. The van der Waals surface area contributed by atoms with Gasteiger partial charge in [0.1, 0.15) is 0 Å². The van der Waals surface area contributed by atoms with Crippen LogP contribution in [0.15, 0.2) is 47.6 Å². The summed E-state index contributed by atoms with van der Waals surface area (Å²) in [6.07, 6.45) is 13.6. The fourth-order valence-corrected chi connectivity index (χ4v) is 2.71. The molecule has 0 bridgehead atoms. The summed E-state index contributed by atoms with van der Waals surface area (Å²) in [7, 11) is 2.08. The van der Waals surface area contributed by atoms with Crippen LogP contribution >= 0.6 is 11.8 Å². The number of thioether (sulfide) groups is 1. The number of allylic oxidation sites excluding steroid dienone is 3. The molecule has 0 aliphatic carbocycles. The average molecular weight is 308 g/mol. The molecule has 0 saturated heterocycles. The smallest absolute Gasteiger partial charge is 0.0375 e. The molecule has 0 aliphatic rings. The summed E-state index contributed by atoms with van der Waals surface area (Å²) in [6, 6.07) is 0. The molecule has 0 unspecified atom stereocenters. The molecule has 0 saturated carbocycles. The van der Waals surface area contributed by atoms with Crippen molar-refractivity contribution >= 4 is 11.8 Å². The van der Waals surface area contributed by atoms with Gasteiger partial charge in [-0.1, -0.05) is 51.2 Å². The second-order valence-corrected chi connectivity index (χ2v) is 7.02. The first-order valence-corrected chi connectivity index (χ1v) is 9.02. The van der Waals surface area contributed by atoms with Crippen molar-refractivity contribution in [2.24, 2.45) is 5.92 Å². The molecule has 0 aromatic rings. The number of unbranched alkanes of at least 4 members (excludes halogenated alkanes) is 1. The molecule has 0 spiro atoms. The second kappa shape index (κ2) is 11.7. The zero-order chi connectivity index (χ0) is 16.3. The molecule has 0 radical (unpaired) electrons. The second-order valence-electron chi connectivity index (χ2n) is 6.17. The zero-order valence-corrected chi connectivity index (χ0v) is 15.4. The van der Waals surface area contributed by atoms with E-state index in [0.717, 1.165) is 18.9 Å². The lowest BCUT2D eigenvalue weighted by molar-refractivity contribution is 0.496. The van der Waals surface area contributed by atoms with Gasteiger partial charge in [0.05, 0.1) is 0 Å². The summed E-state index contributed by atoms with van der Waals surface area (Å²) in [5.74, 6) is 0.809. The van der Waals surface area contributed by atoms with Crippen LogP contribution in [0.25, 0.3) is 0 Å². The van der Waals surface area contributed by atoms with E-state index >= 15 is 0 Å². The van der Waals surface area contributed by atoms with E-state index in [0.29, 0.717) is 0 Å². The van der Waals surface area contributed by atoms with Crippen LogP contribution in [0.1, 0.15) is 46.5 Å². The van der Waals surface area contributed by atoms with Gasteiger partial charge in [-0.25, -0.2) is 0 Å². The molecule has 0 aromatic carbocycles. The fraction of sp³-hybridized carbons (Fsp3) is 0.579. The Hall–Kier alpha value is -0.890. The lowest BCUT2D eigenvalue weighted by atomic mass is 10.1. The molecule has 0 amide bonds. The van der Waals surface area contributed by atoms with Crippen molar-refractivity contribution < 1.29 is 0 Å². The summed E-state index contributed by atoms with van der Waals surface area (Å²) < 4.78 is 0. The van der Waals surface area contributed by atoms with Gasteiger partial charge in [-0.3, -0.25) is 0 Å². The Morgan fingerprint density at radius 1 is 1.24 bits per heavy atom. The van der Waals surface area contributed by atoms with Crippen molar-refractivity contribution in [2.45, 2.75) is 46.5 Å². The van der Waals surface area contributed by atoms with Crippen LogP contribution in [0.2, 0.25) is 0 Å². The van der Waals surface area contributed by atoms with Crippen LogP contribution in [0.4, 0.5) is 0 Å². The molecule has 0 rings (SSSR count). The Balaban J connectivity index is 4.24. The Bertz CT molecular complexity index is 377. The highest BCUT2D eigenvalue weighted by molar-refractivity contribution is 8.02. The van der Waals surface area contributed by atoms with E-state index in [1.54, 1.807) is 11.8 Å². The van der Waals surface area contributed by atoms with Crippen LogP contribution in [-0.4, -0.2) is 24.7 Å². The molecule has 21 heavy (non-hydrogen) atoms. The van der Waals surface area contributed by atoms with Gasteiger partial charge in [0.15, 0.2) is 0 Å². The molecule has 0 aliphatic heterocycles. The summed E-state index contributed by atoms with van der Waals surface area (Å²) in [5.41, 5.74) is 2.36.